The van der Waals surface area contributed by atoms with Crippen molar-refractivity contribution < 1.29 is 4.74 Å². The van der Waals surface area contributed by atoms with Crippen LogP contribution in [0.1, 0.15) is 25.8 Å². The molecule has 0 heterocycles. The lowest BCUT2D eigenvalue weighted by atomic mass is 9.93. The van der Waals surface area contributed by atoms with Gasteiger partial charge in [0.1, 0.15) is 0 Å². The third-order valence-corrected chi connectivity index (χ3v) is 2.99. The third kappa shape index (κ3) is 4.77. The van der Waals surface area contributed by atoms with Crippen molar-refractivity contribution in [3.63, 3.8) is 0 Å². The minimum Gasteiger partial charge on any atom is -0.377 e. The predicted molar refractivity (Wildman–Crippen MR) is 68.1 cm³/mol. The second-order valence-electron chi connectivity index (χ2n) is 4.57. The number of nitrogens with two attached hydrogens (primary N) is 1. The van der Waals surface area contributed by atoms with Crippen LogP contribution in [0.2, 0.25) is 0 Å². The molecule has 0 aliphatic rings. The Morgan fingerprint density at radius 3 is 2.44 bits per heavy atom. The number of hydrogen-bond acceptors (Lipinski definition) is 2. The molecule has 0 aliphatic heterocycles. The highest BCUT2D eigenvalue weighted by Crippen LogP contribution is 2.13. The molecule has 0 bridgehead atoms. The van der Waals surface area contributed by atoms with Crippen LogP contribution in [0.25, 0.3) is 0 Å². The fraction of sp³-hybridized carbons (Fsp3) is 0.571. The van der Waals surface area contributed by atoms with Gasteiger partial charge in [-0.05, 0) is 30.4 Å². The molecular weight excluding hydrogens is 198 g/mol. The van der Waals surface area contributed by atoms with Gasteiger partial charge in [-0.2, -0.15) is 0 Å². The molecule has 0 saturated heterocycles. The summed E-state index contributed by atoms with van der Waals surface area (Å²) in [6.45, 7) is 6.70. The molecule has 1 rings (SSSR count). The summed E-state index contributed by atoms with van der Waals surface area (Å²) < 4.78 is 5.65. The van der Waals surface area contributed by atoms with Crippen molar-refractivity contribution in [3.05, 3.63) is 35.9 Å². The van der Waals surface area contributed by atoms with Crippen LogP contribution in [-0.2, 0) is 11.3 Å². The maximum atomic E-state index is 5.71. The molecule has 90 valence electrons. The largest absolute Gasteiger partial charge is 0.377 e. The van der Waals surface area contributed by atoms with E-state index in [0.29, 0.717) is 18.4 Å². The zero-order valence-electron chi connectivity index (χ0n) is 10.4. The van der Waals surface area contributed by atoms with Gasteiger partial charge in [-0.3, -0.25) is 0 Å². The van der Waals surface area contributed by atoms with E-state index in [1.165, 1.54) is 5.56 Å². The van der Waals surface area contributed by atoms with Crippen LogP contribution in [0.5, 0.6) is 0 Å². The van der Waals surface area contributed by atoms with Crippen molar-refractivity contribution >= 4 is 0 Å². The second-order valence-corrected chi connectivity index (χ2v) is 4.57. The summed E-state index contributed by atoms with van der Waals surface area (Å²) in [5.41, 5.74) is 6.94. The number of ether oxygens (including phenoxy) is 1. The highest BCUT2D eigenvalue weighted by molar-refractivity contribution is 5.13. The molecule has 2 nitrogen and oxygen atoms in total. The summed E-state index contributed by atoms with van der Waals surface area (Å²) in [6, 6.07) is 10.3. The first-order chi connectivity index (χ1) is 7.74. The van der Waals surface area contributed by atoms with Gasteiger partial charge < -0.3 is 10.5 Å². The van der Waals surface area contributed by atoms with Gasteiger partial charge in [-0.15, -0.1) is 0 Å². The zero-order valence-corrected chi connectivity index (χ0v) is 10.4. The van der Waals surface area contributed by atoms with Gasteiger partial charge in [0, 0.05) is 6.61 Å². The highest BCUT2D eigenvalue weighted by Gasteiger charge is 2.10. The van der Waals surface area contributed by atoms with E-state index in [2.05, 4.69) is 26.0 Å². The molecule has 0 spiro atoms. The summed E-state index contributed by atoms with van der Waals surface area (Å²) in [5, 5.41) is 0. The minimum absolute atomic E-state index is 0.579. The topological polar surface area (TPSA) is 35.2 Å². The fourth-order valence-corrected chi connectivity index (χ4v) is 1.72. The Morgan fingerprint density at radius 1 is 1.19 bits per heavy atom. The smallest absolute Gasteiger partial charge is 0.0716 e. The molecule has 16 heavy (non-hydrogen) atoms. The zero-order chi connectivity index (χ0) is 11.8. The van der Waals surface area contributed by atoms with E-state index in [-0.39, 0.29) is 0 Å². The summed E-state index contributed by atoms with van der Waals surface area (Å²) in [7, 11) is 0. The molecule has 1 aromatic rings. The van der Waals surface area contributed by atoms with Crippen LogP contribution in [0.15, 0.2) is 30.3 Å². The molecule has 0 radical (unpaired) electrons. The Morgan fingerprint density at radius 2 is 1.88 bits per heavy atom. The van der Waals surface area contributed by atoms with E-state index >= 15 is 0 Å². The molecule has 0 fully saturated rings. The van der Waals surface area contributed by atoms with Crippen molar-refractivity contribution in [2.24, 2.45) is 17.6 Å². The lowest BCUT2D eigenvalue weighted by molar-refractivity contribution is 0.102. The predicted octanol–water partition coefficient (Wildman–Crippen LogP) is 2.82. The monoisotopic (exact) mass is 221 g/mol. The first kappa shape index (κ1) is 13.2. The van der Waals surface area contributed by atoms with Gasteiger partial charge in [0.15, 0.2) is 0 Å². The van der Waals surface area contributed by atoms with Crippen LogP contribution in [0.3, 0.4) is 0 Å². The SMILES string of the molecule is CC(C)C(CN)CCOCc1ccccc1. The standard InChI is InChI=1S/C14H23NO/c1-12(2)14(10-15)8-9-16-11-13-6-4-3-5-7-13/h3-7,12,14H,8-11,15H2,1-2H3. The molecule has 0 aliphatic carbocycles. The summed E-state index contributed by atoms with van der Waals surface area (Å²) in [4.78, 5) is 0. The van der Waals surface area contributed by atoms with E-state index in [9.17, 15) is 0 Å². The van der Waals surface area contributed by atoms with Gasteiger partial charge in [-0.25, -0.2) is 0 Å². The van der Waals surface area contributed by atoms with Crippen LogP contribution < -0.4 is 5.73 Å². The Hall–Kier alpha value is -0.860. The van der Waals surface area contributed by atoms with E-state index < -0.39 is 0 Å². The average Bonchev–Trinajstić information content (AvgIpc) is 2.30. The molecule has 0 amide bonds. The van der Waals surface area contributed by atoms with Crippen molar-refractivity contribution in [3.8, 4) is 0 Å². The Balaban J connectivity index is 2.16. The quantitative estimate of drug-likeness (QED) is 0.719. The van der Waals surface area contributed by atoms with Gasteiger partial charge in [-0.1, -0.05) is 44.2 Å². The number of hydrogen-bond donors (Lipinski definition) is 1. The van der Waals surface area contributed by atoms with Crippen LogP contribution in [0.4, 0.5) is 0 Å². The summed E-state index contributed by atoms with van der Waals surface area (Å²) >= 11 is 0. The Kier molecular flexibility index (Phi) is 6.12. The lowest BCUT2D eigenvalue weighted by Gasteiger charge is -2.18. The maximum Gasteiger partial charge on any atom is 0.0716 e. The summed E-state index contributed by atoms with van der Waals surface area (Å²) in [6.07, 6.45) is 1.06. The molecule has 1 atom stereocenters. The first-order valence-electron chi connectivity index (χ1n) is 6.05. The lowest BCUT2D eigenvalue weighted by Crippen LogP contribution is -2.21. The fourth-order valence-electron chi connectivity index (χ4n) is 1.72. The van der Waals surface area contributed by atoms with Crippen molar-refractivity contribution in [1.29, 1.82) is 0 Å². The third-order valence-electron chi connectivity index (χ3n) is 2.99. The van der Waals surface area contributed by atoms with E-state index in [1.54, 1.807) is 0 Å². The van der Waals surface area contributed by atoms with Crippen molar-refractivity contribution in [2.75, 3.05) is 13.2 Å². The first-order valence-corrected chi connectivity index (χ1v) is 6.05. The Bertz CT molecular complexity index is 271. The molecule has 1 aromatic carbocycles. The number of benzene rings is 1. The van der Waals surface area contributed by atoms with Gasteiger partial charge in [0.2, 0.25) is 0 Å². The molecular formula is C14H23NO. The van der Waals surface area contributed by atoms with Gasteiger partial charge in [0.25, 0.3) is 0 Å². The van der Waals surface area contributed by atoms with Crippen molar-refractivity contribution in [1.82, 2.24) is 0 Å². The molecule has 2 N–H and O–H groups in total. The maximum absolute atomic E-state index is 5.71. The molecule has 0 aromatic heterocycles. The Labute approximate surface area is 98.8 Å². The molecule has 2 heteroatoms. The van der Waals surface area contributed by atoms with Crippen LogP contribution in [-0.4, -0.2) is 13.2 Å². The molecule has 1 unspecified atom stereocenters. The van der Waals surface area contributed by atoms with E-state index in [1.807, 2.05) is 18.2 Å². The minimum atomic E-state index is 0.579. The van der Waals surface area contributed by atoms with Crippen molar-refractivity contribution in [2.45, 2.75) is 26.9 Å². The van der Waals surface area contributed by atoms with E-state index in [0.717, 1.165) is 19.6 Å². The average molecular weight is 221 g/mol. The second kappa shape index (κ2) is 7.42. The van der Waals surface area contributed by atoms with E-state index in [4.69, 9.17) is 10.5 Å². The summed E-state index contributed by atoms with van der Waals surface area (Å²) in [5.74, 6) is 1.22. The van der Waals surface area contributed by atoms with Gasteiger partial charge in [0.05, 0.1) is 6.61 Å². The van der Waals surface area contributed by atoms with Crippen LogP contribution >= 0.6 is 0 Å². The normalized spacial score (nSPS) is 13.0. The molecule has 0 saturated carbocycles. The number of rotatable bonds is 7. The highest BCUT2D eigenvalue weighted by atomic mass is 16.5. The van der Waals surface area contributed by atoms with Crippen LogP contribution in [0, 0.1) is 11.8 Å². The van der Waals surface area contributed by atoms with Gasteiger partial charge >= 0.3 is 0 Å².